The molecule has 0 aliphatic rings. The monoisotopic (exact) mass is 377 g/mol. The molecule has 0 saturated carbocycles. The number of rotatable bonds is 9. The third kappa shape index (κ3) is 5.52. The molecule has 0 spiro atoms. The zero-order valence-corrected chi connectivity index (χ0v) is 15.7. The summed E-state index contributed by atoms with van der Waals surface area (Å²) in [5.41, 5.74) is 0.954. The molecule has 0 radical (unpaired) electrons. The largest absolute Gasteiger partial charge is 0.480 e. The average Bonchev–Trinajstić information content (AvgIpc) is 3.00. The van der Waals surface area contributed by atoms with Crippen molar-refractivity contribution in [2.45, 2.75) is 39.2 Å². The van der Waals surface area contributed by atoms with Gasteiger partial charge < -0.3 is 15.3 Å². The van der Waals surface area contributed by atoms with E-state index in [1.165, 1.54) is 18.7 Å². The number of aliphatic carboxylic acids is 1. The second-order valence-electron chi connectivity index (χ2n) is 6.01. The second-order valence-corrected chi connectivity index (χ2v) is 7.13. The Morgan fingerprint density at radius 3 is 2.69 bits per heavy atom. The zero-order chi connectivity index (χ0) is 19.1. The highest BCUT2D eigenvalue weighted by Crippen LogP contribution is 2.22. The van der Waals surface area contributed by atoms with Crippen LogP contribution in [0.25, 0.3) is 10.2 Å². The Morgan fingerprint density at radius 1 is 1.31 bits per heavy atom. The van der Waals surface area contributed by atoms with Crippen LogP contribution in [0.4, 0.5) is 0 Å². The third-order valence-electron chi connectivity index (χ3n) is 3.99. The first-order chi connectivity index (χ1) is 12.4. The number of carboxylic acids is 1. The molecule has 0 bridgehead atoms. The maximum atomic E-state index is 12.5. The van der Waals surface area contributed by atoms with Crippen molar-refractivity contribution in [3.05, 3.63) is 29.3 Å². The van der Waals surface area contributed by atoms with Gasteiger partial charge in [-0.05, 0) is 31.9 Å². The Labute approximate surface area is 156 Å². The number of nitrogens with one attached hydrogen (secondary N) is 1. The maximum absolute atomic E-state index is 12.5. The fraction of sp³-hybridized carbons (Fsp3) is 0.444. The van der Waals surface area contributed by atoms with Gasteiger partial charge in [-0.2, -0.15) is 0 Å². The number of aryl methyl sites for hydroxylation is 1. The van der Waals surface area contributed by atoms with Crippen LogP contribution in [0, 0.1) is 0 Å². The number of carbonyl (C=O) groups is 3. The molecule has 26 heavy (non-hydrogen) atoms. The fourth-order valence-corrected chi connectivity index (χ4v) is 3.59. The molecule has 2 amide bonds. The van der Waals surface area contributed by atoms with E-state index in [0.29, 0.717) is 12.8 Å². The number of fused-ring (bicyclic) bond motifs is 1. The maximum Gasteiger partial charge on any atom is 0.326 e. The van der Waals surface area contributed by atoms with Gasteiger partial charge in [-0.1, -0.05) is 12.1 Å². The summed E-state index contributed by atoms with van der Waals surface area (Å²) in [7, 11) is 0. The first-order valence-electron chi connectivity index (χ1n) is 8.49. The summed E-state index contributed by atoms with van der Waals surface area (Å²) < 4.78 is 1.12. The number of hydrogen-bond donors (Lipinski definition) is 2. The SMILES string of the molecule is CC(=O)NCCN(C(=O)CCCc1nc2ccccc2s1)C(C)C(=O)O. The molecule has 8 heteroatoms. The van der Waals surface area contributed by atoms with Crippen molar-refractivity contribution < 1.29 is 19.5 Å². The van der Waals surface area contributed by atoms with Crippen LogP contribution in [0.1, 0.15) is 31.7 Å². The lowest BCUT2D eigenvalue weighted by Gasteiger charge is -2.26. The van der Waals surface area contributed by atoms with E-state index in [2.05, 4.69) is 10.3 Å². The first kappa shape index (κ1) is 19.8. The lowest BCUT2D eigenvalue weighted by Crippen LogP contribution is -2.46. The van der Waals surface area contributed by atoms with E-state index in [1.807, 2.05) is 24.3 Å². The highest BCUT2D eigenvalue weighted by atomic mass is 32.1. The number of benzene rings is 1. The number of para-hydroxylation sites is 1. The Balaban J connectivity index is 1.90. The molecule has 0 aliphatic heterocycles. The molecule has 1 unspecified atom stereocenters. The smallest absolute Gasteiger partial charge is 0.326 e. The van der Waals surface area contributed by atoms with Gasteiger partial charge in [-0.25, -0.2) is 9.78 Å². The van der Waals surface area contributed by atoms with Crippen LogP contribution in [0.3, 0.4) is 0 Å². The molecule has 1 aromatic heterocycles. The van der Waals surface area contributed by atoms with Crippen molar-refractivity contribution in [1.29, 1.82) is 0 Å². The number of thiazole rings is 1. The molecular weight excluding hydrogens is 354 g/mol. The Kier molecular flexibility index (Phi) is 7.08. The van der Waals surface area contributed by atoms with Gasteiger partial charge in [0.2, 0.25) is 11.8 Å². The molecule has 2 N–H and O–H groups in total. The summed E-state index contributed by atoms with van der Waals surface area (Å²) in [6, 6.07) is 6.95. The summed E-state index contributed by atoms with van der Waals surface area (Å²) in [6.45, 7) is 3.26. The predicted octanol–water partition coefficient (Wildman–Crippen LogP) is 2.06. The van der Waals surface area contributed by atoms with Crippen molar-refractivity contribution in [1.82, 2.24) is 15.2 Å². The van der Waals surface area contributed by atoms with Crippen LogP contribution in [-0.4, -0.2) is 51.9 Å². The zero-order valence-electron chi connectivity index (χ0n) is 14.9. The molecule has 0 aliphatic carbocycles. The molecule has 0 fully saturated rings. The molecule has 1 atom stereocenters. The number of amides is 2. The second kappa shape index (κ2) is 9.28. The Bertz CT molecular complexity index is 757. The lowest BCUT2D eigenvalue weighted by atomic mass is 10.2. The van der Waals surface area contributed by atoms with Gasteiger partial charge in [0, 0.05) is 26.4 Å². The van der Waals surface area contributed by atoms with Gasteiger partial charge in [0.25, 0.3) is 0 Å². The van der Waals surface area contributed by atoms with E-state index in [0.717, 1.165) is 15.2 Å². The summed E-state index contributed by atoms with van der Waals surface area (Å²) in [4.78, 5) is 40.5. The van der Waals surface area contributed by atoms with Crippen LogP contribution in [0.15, 0.2) is 24.3 Å². The topological polar surface area (TPSA) is 99.6 Å². The Hall–Kier alpha value is -2.48. The van der Waals surface area contributed by atoms with Crippen LogP contribution in [0.2, 0.25) is 0 Å². The summed E-state index contributed by atoms with van der Waals surface area (Å²) in [5.74, 6) is -1.50. The highest BCUT2D eigenvalue weighted by Gasteiger charge is 2.24. The van der Waals surface area contributed by atoms with Gasteiger partial charge in [-0.3, -0.25) is 9.59 Å². The number of carbonyl (C=O) groups excluding carboxylic acids is 2. The van der Waals surface area contributed by atoms with Gasteiger partial charge >= 0.3 is 5.97 Å². The van der Waals surface area contributed by atoms with Gasteiger partial charge in [-0.15, -0.1) is 11.3 Å². The molecule has 1 heterocycles. The van der Waals surface area contributed by atoms with E-state index in [4.69, 9.17) is 0 Å². The third-order valence-corrected chi connectivity index (χ3v) is 5.09. The highest BCUT2D eigenvalue weighted by molar-refractivity contribution is 7.18. The number of aromatic nitrogens is 1. The van der Waals surface area contributed by atoms with Crippen LogP contribution >= 0.6 is 11.3 Å². The van der Waals surface area contributed by atoms with Crippen molar-refractivity contribution in [3.63, 3.8) is 0 Å². The normalized spacial score (nSPS) is 11.9. The summed E-state index contributed by atoms with van der Waals surface area (Å²) >= 11 is 1.61. The minimum atomic E-state index is -1.06. The Morgan fingerprint density at radius 2 is 2.04 bits per heavy atom. The molecule has 0 saturated heterocycles. The van der Waals surface area contributed by atoms with Crippen LogP contribution < -0.4 is 5.32 Å². The van der Waals surface area contributed by atoms with Crippen molar-refractivity contribution in [2.75, 3.05) is 13.1 Å². The van der Waals surface area contributed by atoms with Crippen molar-refractivity contribution in [2.24, 2.45) is 0 Å². The molecule has 2 rings (SSSR count). The molecular formula is C18H23N3O4S. The van der Waals surface area contributed by atoms with Crippen molar-refractivity contribution >= 4 is 39.3 Å². The summed E-state index contributed by atoms with van der Waals surface area (Å²) in [5, 5.41) is 12.8. The van der Waals surface area contributed by atoms with Crippen LogP contribution in [-0.2, 0) is 20.8 Å². The van der Waals surface area contributed by atoms with Gasteiger partial charge in [0.1, 0.15) is 6.04 Å². The quantitative estimate of drug-likeness (QED) is 0.697. The van der Waals surface area contributed by atoms with Crippen LogP contribution in [0.5, 0.6) is 0 Å². The standard InChI is InChI=1S/C18H23N3O4S/c1-12(18(24)25)21(11-10-19-13(2)22)17(23)9-5-8-16-20-14-6-3-4-7-15(14)26-16/h3-4,6-7,12H,5,8-11H2,1-2H3,(H,19,22)(H,24,25). The van der Waals surface area contributed by atoms with E-state index >= 15 is 0 Å². The van der Waals surface area contributed by atoms with Gasteiger partial charge in [0.15, 0.2) is 0 Å². The molecule has 1 aromatic carbocycles. The molecule has 2 aromatic rings. The summed E-state index contributed by atoms with van der Waals surface area (Å²) in [6.07, 6.45) is 1.52. The molecule has 140 valence electrons. The van der Waals surface area contributed by atoms with E-state index in [1.54, 1.807) is 11.3 Å². The van der Waals surface area contributed by atoms with Gasteiger partial charge in [0.05, 0.1) is 15.2 Å². The minimum Gasteiger partial charge on any atom is -0.480 e. The fourth-order valence-electron chi connectivity index (χ4n) is 2.58. The average molecular weight is 377 g/mol. The number of nitrogens with zero attached hydrogens (tertiary/aromatic N) is 2. The van der Waals surface area contributed by atoms with E-state index < -0.39 is 12.0 Å². The van der Waals surface area contributed by atoms with E-state index in [9.17, 15) is 19.5 Å². The molecule has 7 nitrogen and oxygen atoms in total. The lowest BCUT2D eigenvalue weighted by molar-refractivity contribution is -0.149. The first-order valence-corrected chi connectivity index (χ1v) is 9.31. The number of carboxylic acid groups (broad SMARTS) is 1. The number of hydrogen-bond acceptors (Lipinski definition) is 5. The van der Waals surface area contributed by atoms with E-state index in [-0.39, 0.29) is 31.3 Å². The predicted molar refractivity (Wildman–Crippen MR) is 100 cm³/mol. The minimum absolute atomic E-state index is 0.174. The van der Waals surface area contributed by atoms with Crippen molar-refractivity contribution in [3.8, 4) is 0 Å².